The first-order valence-corrected chi connectivity index (χ1v) is 14.2. The van der Waals surface area contributed by atoms with Crippen molar-refractivity contribution in [3.05, 3.63) is 34.9 Å². The Bertz CT molecular complexity index is 933. The molecule has 0 saturated carbocycles. The Morgan fingerprint density at radius 1 is 0.667 bits per heavy atom. The Kier molecular flexibility index (Phi) is 15.8. The highest BCUT2D eigenvalue weighted by atomic mass is 32.2. The van der Waals surface area contributed by atoms with Gasteiger partial charge in [0, 0.05) is 33.4 Å². The van der Waals surface area contributed by atoms with E-state index in [9.17, 15) is 19.2 Å². The van der Waals surface area contributed by atoms with E-state index >= 15 is 0 Å². The van der Waals surface area contributed by atoms with Gasteiger partial charge >= 0.3 is 23.9 Å². The number of thioether (sulfide) groups is 1. The van der Waals surface area contributed by atoms with Crippen molar-refractivity contribution in [2.75, 3.05) is 12.4 Å². The minimum atomic E-state index is -1.15. The Morgan fingerprint density at radius 2 is 1.18 bits per heavy atom. The van der Waals surface area contributed by atoms with Crippen LogP contribution in [0, 0.1) is 0 Å². The second-order valence-corrected chi connectivity index (χ2v) is 11.0. The summed E-state index contributed by atoms with van der Waals surface area (Å²) in [5.41, 5.74) is 3.12. The topological polar surface area (TPSA) is 114 Å². The van der Waals surface area contributed by atoms with Crippen molar-refractivity contribution < 1.29 is 42.9 Å². The van der Waals surface area contributed by atoms with Crippen molar-refractivity contribution in [3.63, 3.8) is 0 Å². The van der Waals surface area contributed by atoms with Crippen molar-refractivity contribution in [2.24, 2.45) is 0 Å². The molecule has 0 aromatic heterocycles. The van der Waals surface area contributed by atoms with Gasteiger partial charge in [-0.1, -0.05) is 34.9 Å². The molecular weight excluding hydrogens is 524 g/mol. The van der Waals surface area contributed by atoms with Gasteiger partial charge in [0.05, 0.1) is 0 Å². The quantitative estimate of drug-likeness (QED) is 0.157. The molecule has 10 heteroatoms. The zero-order valence-corrected chi connectivity index (χ0v) is 25.3. The van der Waals surface area contributed by atoms with Gasteiger partial charge in [-0.05, 0) is 53.4 Å². The van der Waals surface area contributed by atoms with E-state index in [0.29, 0.717) is 5.75 Å². The summed E-state index contributed by atoms with van der Waals surface area (Å²) in [5.74, 6) is -1.92. The van der Waals surface area contributed by atoms with Gasteiger partial charge in [0.1, 0.15) is 18.1 Å². The molecule has 1 aliphatic rings. The van der Waals surface area contributed by atoms with Gasteiger partial charge in [-0.15, -0.1) is 11.8 Å². The van der Waals surface area contributed by atoms with Crippen molar-refractivity contribution in [3.8, 4) is 0 Å². The van der Waals surface area contributed by atoms with Crippen LogP contribution < -0.4 is 0 Å². The van der Waals surface area contributed by atoms with Gasteiger partial charge in [0.25, 0.3) is 0 Å². The van der Waals surface area contributed by atoms with Gasteiger partial charge in [-0.2, -0.15) is 0 Å². The van der Waals surface area contributed by atoms with Gasteiger partial charge in [0.15, 0.2) is 18.3 Å². The third-order valence-corrected chi connectivity index (χ3v) is 6.83. The maximum absolute atomic E-state index is 11.9. The zero-order valence-electron chi connectivity index (χ0n) is 24.4. The van der Waals surface area contributed by atoms with E-state index in [0.717, 1.165) is 25.7 Å². The van der Waals surface area contributed by atoms with Crippen molar-refractivity contribution in [1.29, 1.82) is 0 Å². The largest absolute Gasteiger partial charge is 0.463 e. The molecule has 39 heavy (non-hydrogen) atoms. The van der Waals surface area contributed by atoms with Crippen LogP contribution in [0.5, 0.6) is 0 Å². The molecule has 0 radical (unpaired) electrons. The predicted octanol–water partition coefficient (Wildman–Crippen LogP) is 5.22. The molecule has 5 atom stereocenters. The number of allylic oxidation sites excluding steroid dienone is 5. The minimum absolute atomic E-state index is 0.233. The highest BCUT2D eigenvalue weighted by molar-refractivity contribution is 7.99. The number of hydrogen-bond donors (Lipinski definition) is 0. The molecule has 1 aliphatic heterocycles. The lowest BCUT2D eigenvalue weighted by Crippen LogP contribution is -2.61. The van der Waals surface area contributed by atoms with Gasteiger partial charge < -0.3 is 23.7 Å². The Hall–Kier alpha value is -2.59. The summed E-state index contributed by atoms with van der Waals surface area (Å²) in [4.78, 5) is 47.2. The summed E-state index contributed by atoms with van der Waals surface area (Å²) < 4.78 is 27.6. The average Bonchev–Trinajstić information content (AvgIpc) is 2.80. The molecule has 0 aliphatic carbocycles. The number of carbonyl (C=O) groups excluding carboxylic acids is 4. The SMILES string of the molecule is CC(=O)OC[C@H]1O[C@H](SC/C=C(/C)CC/C=C(\C)CCC=C(C)C)[C@H](OC(C)=O)[C@@H](OC(C)=O)[C@@H]1OC(C)=O. The van der Waals surface area contributed by atoms with Gasteiger partial charge in [-0.3, -0.25) is 19.2 Å². The summed E-state index contributed by atoms with van der Waals surface area (Å²) in [6, 6.07) is 0. The Morgan fingerprint density at radius 3 is 1.72 bits per heavy atom. The second kappa shape index (κ2) is 17.9. The summed E-state index contributed by atoms with van der Waals surface area (Å²) in [5, 5.41) is 0. The maximum Gasteiger partial charge on any atom is 0.303 e. The molecule has 1 rings (SSSR count). The van der Waals surface area contributed by atoms with Gasteiger partial charge in [0.2, 0.25) is 0 Å². The third-order valence-electron chi connectivity index (χ3n) is 5.76. The summed E-state index contributed by atoms with van der Waals surface area (Å²) >= 11 is 1.35. The lowest BCUT2D eigenvalue weighted by atomic mass is 9.99. The molecular formula is C29H44O9S. The smallest absolute Gasteiger partial charge is 0.303 e. The number of ether oxygens (including phenoxy) is 5. The van der Waals surface area contributed by atoms with Crippen molar-refractivity contribution >= 4 is 35.6 Å². The summed E-state index contributed by atoms with van der Waals surface area (Å²) in [7, 11) is 0. The first-order valence-electron chi connectivity index (χ1n) is 13.2. The molecule has 1 fully saturated rings. The van der Waals surface area contributed by atoms with Gasteiger partial charge in [-0.25, -0.2) is 0 Å². The van der Waals surface area contributed by atoms with E-state index in [2.05, 4.69) is 45.9 Å². The Labute approximate surface area is 236 Å². The normalized spacial score (nSPS) is 23.4. The summed E-state index contributed by atoms with van der Waals surface area (Å²) in [6.45, 7) is 13.1. The number of carbonyl (C=O) groups is 4. The molecule has 0 aromatic carbocycles. The van der Waals surface area contributed by atoms with Crippen LogP contribution in [0.3, 0.4) is 0 Å². The molecule has 9 nitrogen and oxygen atoms in total. The Balaban J connectivity index is 2.99. The van der Waals surface area contributed by atoms with Crippen LogP contribution in [-0.4, -0.2) is 66.1 Å². The number of hydrogen-bond acceptors (Lipinski definition) is 10. The molecule has 1 saturated heterocycles. The third kappa shape index (κ3) is 14.4. The van der Waals surface area contributed by atoms with E-state index in [4.69, 9.17) is 23.7 Å². The van der Waals surface area contributed by atoms with Crippen LogP contribution in [0.4, 0.5) is 0 Å². The van der Waals surface area contributed by atoms with E-state index < -0.39 is 53.7 Å². The van der Waals surface area contributed by atoms with Crippen LogP contribution in [0.15, 0.2) is 34.9 Å². The van der Waals surface area contributed by atoms with Crippen molar-refractivity contribution in [2.45, 2.75) is 111 Å². The molecule has 0 N–H and O–H groups in total. The van der Waals surface area contributed by atoms with Crippen LogP contribution in [0.25, 0.3) is 0 Å². The number of rotatable bonds is 14. The highest BCUT2D eigenvalue weighted by Crippen LogP contribution is 2.34. The zero-order chi connectivity index (χ0) is 29.5. The fourth-order valence-corrected chi connectivity index (χ4v) is 5.14. The summed E-state index contributed by atoms with van der Waals surface area (Å²) in [6.07, 6.45) is 6.25. The predicted molar refractivity (Wildman–Crippen MR) is 150 cm³/mol. The second-order valence-electron chi connectivity index (χ2n) is 9.86. The molecule has 220 valence electrons. The number of esters is 4. The fraction of sp³-hybridized carbons (Fsp3) is 0.655. The van der Waals surface area contributed by atoms with Crippen LogP contribution in [-0.2, 0) is 42.9 Å². The van der Waals surface area contributed by atoms with E-state index in [1.807, 2.05) is 0 Å². The molecule has 1 heterocycles. The maximum atomic E-state index is 11.9. The minimum Gasteiger partial charge on any atom is -0.463 e. The van der Waals surface area contributed by atoms with Crippen LogP contribution in [0.2, 0.25) is 0 Å². The molecule has 0 bridgehead atoms. The average molecular weight is 569 g/mol. The molecule has 0 aromatic rings. The lowest BCUT2D eigenvalue weighted by Gasteiger charge is -2.44. The van der Waals surface area contributed by atoms with Crippen LogP contribution in [0.1, 0.15) is 81.1 Å². The van der Waals surface area contributed by atoms with E-state index in [1.165, 1.54) is 56.2 Å². The standard InChI is InChI=1S/C29H44O9S/c1-18(2)11-9-12-19(3)13-10-14-20(4)15-16-39-29-28(37-24(8)33)27(36-23(7)32)26(35-22(6)31)25(38-29)17-34-21(5)30/h11,13,15,25-29H,9-10,12,14,16-17H2,1-8H3/b19-13+,20-15-/t25-,26-,27+,28-,29-/m1/s1. The van der Waals surface area contributed by atoms with E-state index in [-0.39, 0.29) is 6.61 Å². The molecule has 0 spiro atoms. The molecule has 0 amide bonds. The molecule has 0 unspecified atom stereocenters. The fourth-order valence-electron chi connectivity index (χ4n) is 3.95. The first-order chi connectivity index (χ1) is 18.3. The van der Waals surface area contributed by atoms with E-state index in [1.54, 1.807) is 0 Å². The highest BCUT2D eigenvalue weighted by Gasteiger charge is 2.52. The van der Waals surface area contributed by atoms with Crippen molar-refractivity contribution in [1.82, 2.24) is 0 Å². The first kappa shape index (κ1) is 34.4. The monoisotopic (exact) mass is 568 g/mol. The van der Waals surface area contributed by atoms with Crippen LogP contribution >= 0.6 is 11.8 Å². The lowest BCUT2D eigenvalue weighted by molar-refractivity contribution is -0.237.